The van der Waals surface area contributed by atoms with Gasteiger partial charge in [-0.05, 0) is 79.8 Å². The van der Waals surface area contributed by atoms with Gasteiger partial charge in [-0.2, -0.15) is 0 Å². The number of aryl methyl sites for hydroxylation is 1. The lowest BCUT2D eigenvalue weighted by Gasteiger charge is -2.13. The number of fused-ring (bicyclic) bond motifs is 1. The third kappa shape index (κ3) is 4.01. The Hall–Kier alpha value is -1.35. The molecule has 0 aliphatic carbocycles. The van der Waals surface area contributed by atoms with Crippen molar-refractivity contribution in [2.45, 2.75) is 18.7 Å². The van der Waals surface area contributed by atoms with Crippen LogP contribution in [0, 0.1) is 13.8 Å². The summed E-state index contributed by atoms with van der Waals surface area (Å²) in [6.45, 7) is 4.90. The van der Waals surface area contributed by atoms with Crippen molar-refractivity contribution in [1.82, 2.24) is 8.87 Å². The average molecular weight is 530 g/mol. The fraction of sp³-hybridized carbons (Fsp3) is 0.300. The quantitative estimate of drug-likeness (QED) is 0.453. The minimum atomic E-state index is -3.81. The molecule has 3 rings (SSSR count). The van der Waals surface area contributed by atoms with Gasteiger partial charge in [0.1, 0.15) is 17.3 Å². The molecule has 1 aromatic heterocycles. The number of likely N-dealkylation sites (N-methyl/N-ethyl adjacent to an activating group) is 1. The molecule has 1 heterocycles. The van der Waals surface area contributed by atoms with E-state index >= 15 is 0 Å². The van der Waals surface area contributed by atoms with Crippen LogP contribution in [-0.2, 0) is 10.0 Å². The highest BCUT2D eigenvalue weighted by molar-refractivity contribution is 9.10. The van der Waals surface area contributed by atoms with E-state index in [-0.39, 0.29) is 4.90 Å². The molecular formula is C20H22Br2N2O3S. The summed E-state index contributed by atoms with van der Waals surface area (Å²) in [6.07, 6.45) is 0. The average Bonchev–Trinajstić information content (AvgIpc) is 2.86. The van der Waals surface area contributed by atoms with Crippen molar-refractivity contribution in [3.05, 3.63) is 56.6 Å². The first-order valence-electron chi connectivity index (χ1n) is 8.72. The van der Waals surface area contributed by atoms with E-state index in [2.05, 4.69) is 31.9 Å². The van der Waals surface area contributed by atoms with Crippen LogP contribution >= 0.6 is 31.9 Å². The normalized spacial score (nSPS) is 12.1. The summed E-state index contributed by atoms with van der Waals surface area (Å²) in [6, 6.07) is 10.8. The summed E-state index contributed by atoms with van der Waals surface area (Å²) < 4.78 is 35.9. The highest BCUT2D eigenvalue weighted by Crippen LogP contribution is 2.38. The number of hydrogen-bond donors (Lipinski definition) is 0. The van der Waals surface area contributed by atoms with Gasteiger partial charge in [-0.1, -0.05) is 22.0 Å². The molecule has 3 aromatic rings. The second kappa shape index (κ2) is 8.18. The summed E-state index contributed by atoms with van der Waals surface area (Å²) >= 11 is 6.89. The molecule has 5 nitrogen and oxygen atoms in total. The van der Waals surface area contributed by atoms with Crippen LogP contribution in [0.15, 0.2) is 50.2 Å². The topological polar surface area (TPSA) is 51.5 Å². The Labute approximate surface area is 182 Å². The molecule has 0 aliphatic heterocycles. The van der Waals surface area contributed by atoms with E-state index in [9.17, 15) is 8.42 Å². The summed E-state index contributed by atoms with van der Waals surface area (Å²) in [7, 11) is 0.122. The van der Waals surface area contributed by atoms with E-state index < -0.39 is 10.0 Å². The van der Waals surface area contributed by atoms with E-state index in [1.54, 1.807) is 31.2 Å². The molecule has 0 radical (unpaired) electrons. The zero-order valence-corrected chi connectivity index (χ0v) is 20.2. The molecule has 0 saturated heterocycles. The first kappa shape index (κ1) is 21.4. The van der Waals surface area contributed by atoms with E-state index in [1.165, 1.54) is 3.97 Å². The second-order valence-electron chi connectivity index (χ2n) is 6.93. The van der Waals surface area contributed by atoms with E-state index in [0.717, 1.165) is 22.0 Å². The predicted molar refractivity (Wildman–Crippen MR) is 120 cm³/mol. The van der Waals surface area contributed by atoms with Crippen LogP contribution in [0.5, 0.6) is 5.75 Å². The summed E-state index contributed by atoms with van der Waals surface area (Å²) in [5, 5.41) is 0.762. The number of ether oxygens (including phenoxy) is 1. The van der Waals surface area contributed by atoms with Gasteiger partial charge in [-0.25, -0.2) is 12.4 Å². The molecule has 0 spiro atoms. The first-order valence-corrected chi connectivity index (χ1v) is 11.8. The Morgan fingerprint density at radius 1 is 1.07 bits per heavy atom. The first-order chi connectivity index (χ1) is 13.1. The largest absolute Gasteiger partial charge is 0.490 e. The van der Waals surface area contributed by atoms with Crippen molar-refractivity contribution in [3.63, 3.8) is 0 Å². The van der Waals surface area contributed by atoms with Crippen LogP contribution in [0.2, 0.25) is 0 Å². The van der Waals surface area contributed by atoms with Crippen LogP contribution in [0.3, 0.4) is 0 Å². The van der Waals surface area contributed by atoms with Gasteiger partial charge in [0.2, 0.25) is 0 Å². The Kier molecular flexibility index (Phi) is 6.24. The van der Waals surface area contributed by atoms with Crippen molar-refractivity contribution in [1.29, 1.82) is 0 Å². The molecular weight excluding hydrogens is 508 g/mol. The molecule has 0 amide bonds. The third-order valence-corrected chi connectivity index (χ3v) is 7.72. The highest BCUT2D eigenvalue weighted by atomic mass is 79.9. The van der Waals surface area contributed by atoms with Crippen LogP contribution in [0.25, 0.3) is 10.9 Å². The van der Waals surface area contributed by atoms with E-state index in [4.69, 9.17) is 4.74 Å². The predicted octanol–water partition coefficient (Wildman–Crippen LogP) is 4.96. The Morgan fingerprint density at radius 2 is 1.79 bits per heavy atom. The number of nitrogens with zero attached hydrogens (tertiary/aromatic N) is 2. The fourth-order valence-corrected chi connectivity index (χ4v) is 6.14. The molecule has 0 fully saturated rings. The summed E-state index contributed by atoms with van der Waals surface area (Å²) in [5.74, 6) is 0.588. The molecule has 0 unspecified atom stereocenters. The molecule has 0 aliphatic rings. The van der Waals surface area contributed by atoms with Crippen molar-refractivity contribution < 1.29 is 13.2 Å². The standard InChI is InChI=1S/C20H22Br2N2O3S/c1-13-5-8-19(17(22)11-13)28(25,26)24-14(2)20(27-10-9-23(3)4)16-12-15(21)6-7-18(16)24/h5-8,11-12H,9-10H2,1-4H3. The number of hydrogen-bond acceptors (Lipinski definition) is 4. The summed E-state index contributed by atoms with van der Waals surface area (Å²) in [4.78, 5) is 2.24. The maximum absolute atomic E-state index is 13.5. The second-order valence-corrected chi connectivity index (χ2v) is 10.5. The molecule has 8 heteroatoms. The third-order valence-electron chi connectivity index (χ3n) is 4.45. The van der Waals surface area contributed by atoms with Gasteiger partial charge < -0.3 is 9.64 Å². The van der Waals surface area contributed by atoms with Gasteiger partial charge in [-0.3, -0.25) is 0 Å². The Bertz CT molecular complexity index is 1140. The van der Waals surface area contributed by atoms with Gasteiger partial charge in [0.25, 0.3) is 10.0 Å². The van der Waals surface area contributed by atoms with Crippen LogP contribution in [0.4, 0.5) is 0 Å². The lowest BCUT2D eigenvalue weighted by Crippen LogP contribution is -2.20. The molecule has 2 aromatic carbocycles. The van der Waals surface area contributed by atoms with Crippen molar-refractivity contribution in [3.8, 4) is 5.75 Å². The van der Waals surface area contributed by atoms with Gasteiger partial charge in [0.05, 0.1) is 11.2 Å². The minimum Gasteiger partial charge on any atom is -0.490 e. The van der Waals surface area contributed by atoms with Crippen molar-refractivity contribution in [2.75, 3.05) is 27.2 Å². The van der Waals surface area contributed by atoms with E-state index in [0.29, 0.717) is 28.0 Å². The molecule has 0 bridgehead atoms. The minimum absolute atomic E-state index is 0.223. The van der Waals surface area contributed by atoms with Gasteiger partial charge in [-0.15, -0.1) is 0 Å². The van der Waals surface area contributed by atoms with Gasteiger partial charge in [0, 0.05) is 20.9 Å². The smallest absolute Gasteiger partial charge is 0.269 e. The molecule has 150 valence electrons. The maximum Gasteiger partial charge on any atom is 0.269 e. The molecule has 0 saturated carbocycles. The Morgan fingerprint density at radius 3 is 2.43 bits per heavy atom. The van der Waals surface area contributed by atoms with Gasteiger partial charge >= 0.3 is 0 Å². The Balaban J connectivity index is 2.22. The van der Waals surface area contributed by atoms with Crippen LogP contribution in [-0.4, -0.2) is 44.5 Å². The number of rotatable bonds is 6. The zero-order chi connectivity index (χ0) is 20.6. The van der Waals surface area contributed by atoms with Crippen LogP contribution in [0.1, 0.15) is 11.3 Å². The monoisotopic (exact) mass is 528 g/mol. The SMILES string of the molecule is Cc1ccc(S(=O)(=O)n2c(C)c(OCCN(C)C)c3cc(Br)ccc32)c(Br)c1. The maximum atomic E-state index is 13.5. The molecule has 0 atom stereocenters. The van der Waals surface area contributed by atoms with Gasteiger partial charge in [0.15, 0.2) is 0 Å². The number of benzene rings is 2. The number of halogens is 2. The van der Waals surface area contributed by atoms with Crippen molar-refractivity contribution in [2.24, 2.45) is 0 Å². The molecule has 28 heavy (non-hydrogen) atoms. The van der Waals surface area contributed by atoms with Crippen molar-refractivity contribution >= 4 is 52.8 Å². The number of aromatic nitrogens is 1. The summed E-state index contributed by atoms with van der Waals surface area (Å²) in [5.41, 5.74) is 2.13. The highest BCUT2D eigenvalue weighted by Gasteiger charge is 2.27. The van der Waals surface area contributed by atoms with Crippen LogP contribution < -0.4 is 4.74 Å². The van der Waals surface area contributed by atoms with E-state index in [1.807, 2.05) is 38.1 Å². The lowest BCUT2D eigenvalue weighted by atomic mass is 10.2. The molecule has 0 N–H and O–H groups in total. The fourth-order valence-electron chi connectivity index (χ4n) is 3.07. The lowest BCUT2D eigenvalue weighted by molar-refractivity contribution is 0.262. The zero-order valence-electron chi connectivity index (χ0n) is 16.2.